The smallest absolute Gasteiger partial charge is 0.367 e. The molecule has 3 rings (SSSR count). The molecule has 2 aromatic rings. The summed E-state index contributed by atoms with van der Waals surface area (Å²) in [4.78, 5) is 28.5. The lowest BCUT2D eigenvalue weighted by molar-refractivity contribution is -0.151. The Morgan fingerprint density at radius 1 is 1.16 bits per heavy atom. The van der Waals surface area contributed by atoms with Crippen LogP contribution in [0.4, 0.5) is 0 Å². The average molecular weight is 481 g/mol. The van der Waals surface area contributed by atoms with Gasteiger partial charge in [-0.15, -0.1) is 11.3 Å². The van der Waals surface area contributed by atoms with Crippen LogP contribution in [0.5, 0.6) is 0 Å². The Morgan fingerprint density at radius 2 is 1.81 bits per heavy atom. The summed E-state index contributed by atoms with van der Waals surface area (Å²) in [5.74, 6) is -0.918. The average Bonchev–Trinajstić information content (AvgIpc) is 3.27. The third kappa shape index (κ3) is 5.73. The van der Waals surface area contributed by atoms with Gasteiger partial charge in [-0.05, 0) is 43.4 Å². The summed E-state index contributed by atoms with van der Waals surface area (Å²) in [6, 6.07) is 6.97. The van der Waals surface area contributed by atoms with Crippen LogP contribution in [-0.4, -0.2) is 49.3 Å². The molecule has 10 heteroatoms. The molecular formula is C22H28N2O6S2. The fourth-order valence-corrected chi connectivity index (χ4v) is 5.59. The standard InChI is InChI=1S/C22H28N2O6S2/c1-4-29-22(26)20-23-18(14-31-20)13-30-21(25)17-9-11-24(12-10-17)32(27,28)19-7-5-16(6-8-19)15(2)3/h5-8,14-15,17H,4,9-13H2,1-3H3. The largest absolute Gasteiger partial charge is 0.461 e. The normalized spacial score (nSPS) is 15.6. The van der Waals surface area contributed by atoms with E-state index >= 15 is 0 Å². The van der Waals surface area contributed by atoms with E-state index in [1.54, 1.807) is 24.4 Å². The fraction of sp³-hybridized carbons (Fsp3) is 0.500. The Kier molecular flexibility index (Phi) is 8.02. The van der Waals surface area contributed by atoms with Gasteiger partial charge in [-0.1, -0.05) is 26.0 Å². The highest BCUT2D eigenvalue weighted by Crippen LogP contribution is 2.26. The molecule has 174 valence electrons. The summed E-state index contributed by atoms with van der Waals surface area (Å²) in [6.45, 7) is 6.58. The van der Waals surface area contributed by atoms with Gasteiger partial charge in [0.05, 0.1) is 23.1 Å². The Hall–Kier alpha value is -2.30. The molecule has 0 unspecified atom stereocenters. The lowest BCUT2D eigenvalue weighted by Gasteiger charge is -2.30. The number of sulfonamides is 1. The fourth-order valence-electron chi connectivity index (χ4n) is 3.43. The van der Waals surface area contributed by atoms with Crippen molar-refractivity contribution >= 4 is 33.3 Å². The van der Waals surface area contributed by atoms with Gasteiger partial charge < -0.3 is 9.47 Å². The highest BCUT2D eigenvalue weighted by Gasteiger charge is 2.33. The molecule has 2 heterocycles. The zero-order valence-electron chi connectivity index (χ0n) is 18.4. The maximum atomic E-state index is 12.9. The summed E-state index contributed by atoms with van der Waals surface area (Å²) < 4.78 is 37.5. The maximum absolute atomic E-state index is 12.9. The number of esters is 2. The second-order valence-electron chi connectivity index (χ2n) is 7.87. The third-order valence-corrected chi connectivity index (χ3v) is 8.12. The number of carbonyl (C=O) groups is 2. The van der Waals surface area contributed by atoms with Gasteiger partial charge in [0.25, 0.3) is 0 Å². The Balaban J connectivity index is 1.51. The van der Waals surface area contributed by atoms with Crippen LogP contribution >= 0.6 is 11.3 Å². The number of ether oxygens (including phenoxy) is 2. The summed E-state index contributed by atoms with van der Waals surface area (Å²) >= 11 is 1.14. The zero-order valence-corrected chi connectivity index (χ0v) is 20.1. The van der Waals surface area contributed by atoms with Crippen LogP contribution in [0, 0.1) is 5.92 Å². The molecule has 0 atom stereocenters. The minimum Gasteiger partial charge on any atom is -0.461 e. The third-order valence-electron chi connectivity index (χ3n) is 5.34. The first-order valence-electron chi connectivity index (χ1n) is 10.6. The first kappa shape index (κ1) is 24.3. The van der Waals surface area contributed by atoms with Gasteiger partial charge in [-0.2, -0.15) is 4.31 Å². The summed E-state index contributed by atoms with van der Waals surface area (Å²) in [5.41, 5.74) is 1.57. The van der Waals surface area contributed by atoms with E-state index in [2.05, 4.69) is 18.8 Å². The monoisotopic (exact) mass is 480 g/mol. The van der Waals surface area contributed by atoms with Crippen LogP contribution in [0.25, 0.3) is 0 Å². The lowest BCUT2D eigenvalue weighted by atomic mass is 9.98. The Morgan fingerprint density at radius 3 is 2.41 bits per heavy atom. The minimum atomic E-state index is -3.59. The van der Waals surface area contributed by atoms with E-state index in [-0.39, 0.29) is 48.1 Å². The van der Waals surface area contributed by atoms with E-state index in [9.17, 15) is 18.0 Å². The predicted molar refractivity (Wildman–Crippen MR) is 120 cm³/mol. The van der Waals surface area contributed by atoms with Crippen molar-refractivity contribution < 1.29 is 27.5 Å². The molecule has 1 fully saturated rings. The molecule has 1 aromatic carbocycles. The van der Waals surface area contributed by atoms with E-state index in [0.29, 0.717) is 24.5 Å². The van der Waals surface area contributed by atoms with Gasteiger partial charge in [0.2, 0.25) is 15.0 Å². The molecule has 1 aliphatic heterocycles. The first-order chi connectivity index (χ1) is 15.2. The van der Waals surface area contributed by atoms with Crippen molar-refractivity contribution in [3.8, 4) is 0 Å². The molecule has 8 nitrogen and oxygen atoms in total. The quantitative estimate of drug-likeness (QED) is 0.532. The number of hydrogen-bond donors (Lipinski definition) is 0. The molecule has 32 heavy (non-hydrogen) atoms. The SMILES string of the molecule is CCOC(=O)c1nc(COC(=O)C2CCN(S(=O)(=O)c3ccc(C(C)C)cc3)CC2)cs1. The van der Waals surface area contributed by atoms with Crippen LogP contribution in [-0.2, 0) is 30.9 Å². The number of aromatic nitrogens is 1. The molecule has 0 aliphatic carbocycles. The first-order valence-corrected chi connectivity index (χ1v) is 12.9. The van der Waals surface area contributed by atoms with Crippen LogP contribution in [0.3, 0.4) is 0 Å². The number of piperidine rings is 1. The summed E-state index contributed by atoms with van der Waals surface area (Å²) in [7, 11) is -3.59. The van der Waals surface area contributed by atoms with E-state index in [4.69, 9.17) is 9.47 Å². The van der Waals surface area contributed by atoms with E-state index in [0.717, 1.165) is 16.9 Å². The molecule has 1 saturated heterocycles. The van der Waals surface area contributed by atoms with Gasteiger partial charge >= 0.3 is 11.9 Å². The molecule has 1 aromatic heterocycles. The van der Waals surface area contributed by atoms with Gasteiger partial charge in [-0.3, -0.25) is 4.79 Å². The number of rotatable bonds is 8. The zero-order chi connectivity index (χ0) is 23.3. The molecule has 0 radical (unpaired) electrons. The lowest BCUT2D eigenvalue weighted by Crippen LogP contribution is -2.40. The van der Waals surface area contributed by atoms with E-state index in [1.165, 1.54) is 4.31 Å². The summed E-state index contributed by atoms with van der Waals surface area (Å²) in [6.07, 6.45) is 0.792. The molecule has 0 amide bonds. The molecule has 1 aliphatic rings. The second kappa shape index (κ2) is 10.5. The van der Waals surface area contributed by atoms with Crippen molar-refractivity contribution in [2.75, 3.05) is 19.7 Å². The Labute approximate surface area is 192 Å². The number of benzene rings is 1. The van der Waals surface area contributed by atoms with E-state index in [1.807, 2.05) is 12.1 Å². The molecule has 0 saturated carbocycles. The number of thiazole rings is 1. The topological polar surface area (TPSA) is 103 Å². The van der Waals surface area contributed by atoms with Gasteiger partial charge in [0.15, 0.2) is 0 Å². The predicted octanol–water partition coefficient (Wildman–Crippen LogP) is 3.59. The van der Waals surface area contributed by atoms with Crippen molar-refractivity contribution in [3.63, 3.8) is 0 Å². The number of hydrogen-bond acceptors (Lipinski definition) is 8. The van der Waals surface area contributed by atoms with Crippen molar-refractivity contribution in [1.82, 2.24) is 9.29 Å². The molecular weight excluding hydrogens is 452 g/mol. The maximum Gasteiger partial charge on any atom is 0.367 e. The van der Waals surface area contributed by atoms with Crippen molar-refractivity contribution in [2.45, 2.75) is 51.0 Å². The van der Waals surface area contributed by atoms with Crippen molar-refractivity contribution in [2.24, 2.45) is 5.92 Å². The van der Waals surface area contributed by atoms with Gasteiger partial charge in [0.1, 0.15) is 6.61 Å². The van der Waals surface area contributed by atoms with Crippen LogP contribution < -0.4 is 0 Å². The van der Waals surface area contributed by atoms with Crippen LogP contribution in [0.15, 0.2) is 34.5 Å². The summed E-state index contributed by atoms with van der Waals surface area (Å²) in [5, 5.41) is 1.87. The highest BCUT2D eigenvalue weighted by atomic mass is 32.2. The van der Waals surface area contributed by atoms with Gasteiger partial charge in [-0.25, -0.2) is 18.2 Å². The van der Waals surface area contributed by atoms with Crippen LogP contribution in [0.2, 0.25) is 0 Å². The van der Waals surface area contributed by atoms with Crippen molar-refractivity contribution in [1.29, 1.82) is 0 Å². The molecule has 0 spiro atoms. The molecule has 0 bridgehead atoms. The van der Waals surface area contributed by atoms with Gasteiger partial charge in [0, 0.05) is 18.5 Å². The highest BCUT2D eigenvalue weighted by molar-refractivity contribution is 7.89. The van der Waals surface area contributed by atoms with Crippen molar-refractivity contribution in [3.05, 3.63) is 45.9 Å². The second-order valence-corrected chi connectivity index (χ2v) is 10.7. The minimum absolute atomic E-state index is 0.0323. The molecule has 0 N–H and O–H groups in total. The van der Waals surface area contributed by atoms with Crippen LogP contribution in [0.1, 0.15) is 60.6 Å². The number of carbonyl (C=O) groups excluding carboxylic acids is 2. The number of nitrogens with zero attached hydrogens (tertiary/aromatic N) is 2. The Bertz CT molecular complexity index is 1040. The van der Waals surface area contributed by atoms with E-state index < -0.39 is 16.0 Å².